The van der Waals surface area contributed by atoms with Gasteiger partial charge in [0.25, 0.3) is 0 Å². The van der Waals surface area contributed by atoms with Gasteiger partial charge in [-0.25, -0.2) is 0 Å². The number of nitrogens with one attached hydrogen (secondary N) is 3. The molecule has 0 aliphatic carbocycles. The van der Waals surface area contributed by atoms with E-state index < -0.39 is 0 Å². The summed E-state index contributed by atoms with van der Waals surface area (Å²) in [5.41, 5.74) is 0. The van der Waals surface area contributed by atoms with Crippen molar-refractivity contribution >= 4 is 11.8 Å². The van der Waals surface area contributed by atoms with E-state index in [1.54, 1.807) is 7.11 Å². The molecule has 0 spiro atoms. The molecule has 0 bridgehead atoms. The Balaban J connectivity index is 3.42. The van der Waals surface area contributed by atoms with E-state index in [0.29, 0.717) is 26.1 Å². The summed E-state index contributed by atoms with van der Waals surface area (Å²) in [4.78, 5) is 22.8. The van der Waals surface area contributed by atoms with E-state index in [-0.39, 0.29) is 24.4 Å². The molecule has 0 rings (SSSR count). The first kappa shape index (κ1) is 17.9. The average Bonchev–Trinajstić information content (AvgIpc) is 2.39. The summed E-state index contributed by atoms with van der Waals surface area (Å²) in [6, 6.07) is 0.205. The Morgan fingerprint density at radius 1 is 1.21 bits per heavy atom. The number of carbonyl (C=O) groups is 2. The summed E-state index contributed by atoms with van der Waals surface area (Å²) in [7, 11) is 1.63. The molecule has 1 atom stereocenters. The maximum absolute atomic E-state index is 11.4. The van der Waals surface area contributed by atoms with Crippen molar-refractivity contribution < 1.29 is 14.3 Å². The minimum Gasteiger partial charge on any atom is -0.385 e. The van der Waals surface area contributed by atoms with Crippen molar-refractivity contribution in [1.29, 1.82) is 0 Å². The molecule has 2 amide bonds. The van der Waals surface area contributed by atoms with Crippen LogP contribution in [0.1, 0.15) is 33.1 Å². The molecule has 1 unspecified atom stereocenters. The van der Waals surface area contributed by atoms with Crippen LogP contribution in [-0.4, -0.2) is 51.2 Å². The van der Waals surface area contributed by atoms with Crippen LogP contribution >= 0.6 is 0 Å². The van der Waals surface area contributed by atoms with Crippen LogP contribution in [0.5, 0.6) is 0 Å². The smallest absolute Gasteiger partial charge is 0.233 e. The molecule has 112 valence electrons. The van der Waals surface area contributed by atoms with Crippen molar-refractivity contribution in [3.8, 4) is 0 Å². The summed E-state index contributed by atoms with van der Waals surface area (Å²) in [6.45, 7) is 6.00. The average molecular weight is 273 g/mol. The minimum atomic E-state index is -0.0570. The first-order chi connectivity index (χ1) is 9.10. The predicted octanol–water partition coefficient (Wildman–Crippen LogP) is 0.0335. The monoisotopic (exact) mass is 273 g/mol. The number of carbonyl (C=O) groups excluding carboxylic acids is 2. The number of methoxy groups -OCH3 is 1. The molecule has 0 aromatic heterocycles. The fourth-order valence-corrected chi connectivity index (χ4v) is 1.36. The second-order valence-electron chi connectivity index (χ2n) is 4.50. The Bertz CT molecular complexity index is 260. The maximum Gasteiger partial charge on any atom is 0.233 e. The van der Waals surface area contributed by atoms with Gasteiger partial charge in [0.15, 0.2) is 0 Å². The molecule has 0 saturated heterocycles. The molecular weight excluding hydrogens is 246 g/mol. The van der Waals surface area contributed by atoms with Crippen molar-refractivity contribution in [1.82, 2.24) is 16.0 Å². The third-order valence-corrected chi connectivity index (χ3v) is 2.68. The van der Waals surface area contributed by atoms with E-state index in [4.69, 9.17) is 4.74 Å². The summed E-state index contributed by atoms with van der Waals surface area (Å²) in [5, 5.41) is 8.58. The Morgan fingerprint density at radius 3 is 2.58 bits per heavy atom. The normalized spacial score (nSPS) is 11.9. The molecular formula is C13H27N3O3. The number of rotatable bonds is 11. The van der Waals surface area contributed by atoms with Gasteiger partial charge in [-0.1, -0.05) is 6.92 Å². The van der Waals surface area contributed by atoms with Gasteiger partial charge >= 0.3 is 0 Å². The summed E-state index contributed by atoms with van der Waals surface area (Å²) in [5.74, 6) is -0.0409. The molecule has 0 aliphatic heterocycles. The van der Waals surface area contributed by atoms with Gasteiger partial charge in [0.2, 0.25) is 11.8 Å². The van der Waals surface area contributed by atoms with Crippen molar-refractivity contribution in [2.45, 2.75) is 39.2 Å². The lowest BCUT2D eigenvalue weighted by Crippen LogP contribution is -2.37. The van der Waals surface area contributed by atoms with E-state index in [2.05, 4.69) is 16.0 Å². The fraction of sp³-hybridized carbons (Fsp3) is 0.846. The van der Waals surface area contributed by atoms with Gasteiger partial charge < -0.3 is 20.7 Å². The number of amides is 2. The van der Waals surface area contributed by atoms with Gasteiger partial charge in [-0.05, 0) is 19.8 Å². The van der Waals surface area contributed by atoms with Crippen LogP contribution in [0, 0.1) is 0 Å². The van der Waals surface area contributed by atoms with Crippen molar-refractivity contribution in [3.05, 3.63) is 0 Å². The van der Waals surface area contributed by atoms with Crippen molar-refractivity contribution in [2.75, 3.05) is 33.4 Å². The van der Waals surface area contributed by atoms with Gasteiger partial charge in [-0.3, -0.25) is 9.59 Å². The number of hydrogen-bond acceptors (Lipinski definition) is 4. The number of ether oxygens (including phenoxy) is 1. The van der Waals surface area contributed by atoms with E-state index in [1.165, 1.54) is 0 Å². The molecule has 6 heteroatoms. The SMILES string of the molecule is CCC(C)NC(=O)CCNCC(=O)NCCCOC. The minimum absolute atomic E-state index is 0.0161. The van der Waals surface area contributed by atoms with Crippen molar-refractivity contribution in [3.63, 3.8) is 0 Å². The van der Waals surface area contributed by atoms with Crippen LogP contribution < -0.4 is 16.0 Å². The topological polar surface area (TPSA) is 79.5 Å². The Labute approximate surface area is 115 Å². The third kappa shape index (κ3) is 11.7. The van der Waals surface area contributed by atoms with E-state index in [1.807, 2.05) is 13.8 Å². The highest BCUT2D eigenvalue weighted by Gasteiger charge is 2.05. The lowest BCUT2D eigenvalue weighted by Gasteiger charge is -2.11. The highest BCUT2D eigenvalue weighted by molar-refractivity contribution is 5.78. The Morgan fingerprint density at radius 2 is 1.95 bits per heavy atom. The van der Waals surface area contributed by atoms with E-state index in [9.17, 15) is 9.59 Å². The van der Waals surface area contributed by atoms with Gasteiger partial charge in [-0.2, -0.15) is 0 Å². The second-order valence-corrected chi connectivity index (χ2v) is 4.50. The molecule has 0 aromatic carbocycles. The zero-order valence-corrected chi connectivity index (χ0v) is 12.3. The highest BCUT2D eigenvalue weighted by Crippen LogP contribution is 1.88. The zero-order chi connectivity index (χ0) is 14.5. The van der Waals surface area contributed by atoms with Crippen LogP contribution in [0.25, 0.3) is 0 Å². The van der Waals surface area contributed by atoms with Crippen LogP contribution in [0.2, 0.25) is 0 Å². The first-order valence-corrected chi connectivity index (χ1v) is 6.85. The fourth-order valence-electron chi connectivity index (χ4n) is 1.36. The lowest BCUT2D eigenvalue weighted by atomic mass is 10.2. The van der Waals surface area contributed by atoms with E-state index >= 15 is 0 Å². The first-order valence-electron chi connectivity index (χ1n) is 6.85. The van der Waals surface area contributed by atoms with E-state index in [0.717, 1.165) is 12.8 Å². The quantitative estimate of drug-likeness (QED) is 0.464. The van der Waals surface area contributed by atoms with Gasteiger partial charge in [-0.15, -0.1) is 0 Å². The molecule has 0 heterocycles. The molecule has 6 nitrogen and oxygen atoms in total. The summed E-state index contributed by atoms with van der Waals surface area (Å²) >= 11 is 0. The largest absolute Gasteiger partial charge is 0.385 e. The lowest BCUT2D eigenvalue weighted by molar-refractivity contribution is -0.122. The number of hydrogen-bond donors (Lipinski definition) is 3. The van der Waals surface area contributed by atoms with Gasteiger partial charge in [0, 0.05) is 39.3 Å². The molecule has 0 fully saturated rings. The Kier molecular flexibility index (Phi) is 11.2. The molecule has 0 aliphatic rings. The Hall–Kier alpha value is -1.14. The summed E-state index contributed by atoms with van der Waals surface area (Å²) in [6.07, 6.45) is 2.11. The van der Waals surface area contributed by atoms with Crippen LogP contribution in [0.4, 0.5) is 0 Å². The zero-order valence-electron chi connectivity index (χ0n) is 12.3. The molecule has 0 saturated carbocycles. The maximum atomic E-state index is 11.4. The molecule has 19 heavy (non-hydrogen) atoms. The highest BCUT2D eigenvalue weighted by atomic mass is 16.5. The molecule has 0 aromatic rings. The van der Waals surface area contributed by atoms with Gasteiger partial charge in [0.1, 0.15) is 0 Å². The van der Waals surface area contributed by atoms with Crippen LogP contribution in [0.3, 0.4) is 0 Å². The third-order valence-electron chi connectivity index (χ3n) is 2.68. The standard InChI is InChI=1S/C13H27N3O3/c1-4-11(2)16-12(17)6-8-14-10-13(18)15-7-5-9-19-3/h11,14H,4-10H2,1-3H3,(H,15,18)(H,16,17). The van der Waals surface area contributed by atoms with Gasteiger partial charge in [0.05, 0.1) is 6.54 Å². The van der Waals surface area contributed by atoms with Crippen LogP contribution in [-0.2, 0) is 14.3 Å². The predicted molar refractivity (Wildman–Crippen MR) is 74.9 cm³/mol. The second kappa shape index (κ2) is 11.9. The van der Waals surface area contributed by atoms with Crippen molar-refractivity contribution in [2.24, 2.45) is 0 Å². The molecule has 0 radical (unpaired) electrons. The van der Waals surface area contributed by atoms with Crippen LogP contribution in [0.15, 0.2) is 0 Å². The summed E-state index contributed by atoms with van der Waals surface area (Å²) < 4.78 is 4.88. The molecule has 3 N–H and O–H groups in total.